The summed E-state index contributed by atoms with van der Waals surface area (Å²) in [5.41, 5.74) is 10.8. The van der Waals surface area contributed by atoms with E-state index in [2.05, 4.69) is 47.3 Å². The fourth-order valence-corrected chi connectivity index (χ4v) is 5.19. The van der Waals surface area contributed by atoms with Gasteiger partial charge in [-0.1, -0.05) is 19.9 Å². The number of hydrogen-bond acceptors (Lipinski definition) is 6. The number of nitrogens with one attached hydrogen (secondary N) is 1. The SMILES string of the molecule is Cc1cc(NC(=O)C(=O)N2CC[C@@H](CC(C)C)C[C@H]2c2ccc3scnc3c2)cnc1N. The predicted octanol–water partition coefficient (Wildman–Crippen LogP) is 4.55. The van der Waals surface area contributed by atoms with E-state index in [9.17, 15) is 9.59 Å². The number of thiazole rings is 1. The van der Waals surface area contributed by atoms with E-state index in [0.29, 0.717) is 29.9 Å². The molecule has 32 heavy (non-hydrogen) atoms. The van der Waals surface area contributed by atoms with Gasteiger partial charge in [0.2, 0.25) is 0 Å². The van der Waals surface area contributed by atoms with E-state index < -0.39 is 11.8 Å². The Balaban J connectivity index is 1.58. The number of pyridine rings is 1. The number of nitrogens with zero attached hydrogens (tertiary/aromatic N) is 3. The van der Waals surface area contributed by atoms with E-state index in [1.165, 1.54) is 6.20 Å². The van der Waals surface area contributed by atoms with E-state index in [1.807, 2.05) is 12.4 Å². The molecule has 0 saturated carbocycles. The summed E-state index contributed by atoms with van der Waals surface area (Å²) in [6, 6.07) is 7.74. The Hall–Kier alpha value is -3.00. The van der Waals surface area contributed by atoms with Gasteiger partial charge in [-0.2, -0.15) is 0 Å². The maximum atomic E-state index is 13.2. The van der Waals surface area contributed by atoms with E-state index >= 15 is 0 Å². The molecule has 1 aliphatic heterocycles. The molecule has 168 valence electrons. The number of anilines is 2. The first-order valence-corrected chi connectivity index (χ1v) is 11.9. The summed E-state index contributed by atoms with van der Waals surface area (Å²) in [5, 5.41) is 2.69. The molecule has 4 rings (SSSR count). The van der Waals surface area contributed by atoms with Gasteiger partial charge in [-0.05, 0) is 67.3 Å². The summed E-state index contributed by atoms with van der Waals surface area (Å²) in [6.07, 6.45) is 4.32. The summed E-state index contributed by atoms with van der Waals surface area (Å²) in [5.74, 6) is 0.332. The fraction of sp³-hybridized carbons (Fsp3) is 0.417. The Morgan fingerprint density at radius 3 is 2.84 bits per heavy atom. The minimum Gasteiger partial charge on any atom is -0.383 e. The molecule has 1 saturated heterocycles. The minimum atomic E-state index is -0.655. The van der Waals surface area contributed by atoms with Gasteiger partial charge in [0.05, 0.1) is 33.7 Å². The van der Waals surface area contributed by atoms with Gasteiger partial charge >= 0.3 is 11.8 Å². The lowest BCUT2D eigenvalue weighted by Gasteiger charge is -2.40. The highest BCUT2D eigenvalue weighted by Crippen LogP contribution is 2.38. The number of piperidine rings is 1. The van der Waals surface area contributed by atoms with Gasteiger partial charge in [-0.3, -0.25) is 9.59 Å². The van der Waals surface area contributed by atoms with E-state index in [-0.39, 0.29) is 6.04 Å². The number of aryl methyl sites for hydroxylation is 1. The monoisotopic (exact) mass is 451 g/mol. The van der Waals surface area contributed by atoms with Crippen LogP contribution in [0.4, 0.5) is 11.5 Å². The van der Waals surface area contributed by atoms with Crippen molar-refractivity contribution in [1.29, 1.82) is 0 Å². The van der Waals surface area contributed by atoms with Crippen LogP contribution in [0.1, 0.15) is 50.3 Å². The van der Waals surface area contributed by atoms with Gasteiger partial charge in [-0.25, -0.2) is 9.97 Å². The summed E-state index contributed by atoms with van der Waals surface area (Å²) in [6.45, 7) is 6.82. The zero-order valence-corrected chi connectivity index (χ0v) is 19.5. The van der Waals surface area contributed by atoms with Gasteiger partial charge in [0.1, 0.15) is 5.82 Å². The second-order valence-corrected chi connectivity index (χ2v) is 9.88. The van der Waals surface area contributed by atoms with Crippen molar-refractivity contribution in [3.8, 4) is 0 Å². The number of likely N-dealkylation sites (tertiary alicyclic amines) is 1. The lowest BCUT2D eigenvalue weighted by molar-refractivity contribution is -0.146. The van der Waals surface area contributed by atoms with E-state index in [0.717, 1.165) is 40.6 Å². The number of aromatic nitrogens is 2. The molecule has 3 aromatic rings. The molecule has 0 bridgehead atoms. The number of hydrogen-bond donors (Lipinski definition) is 2. The van der Waals surface area contributed by atoms with Crippen LogP contribution in [0.25, 0.3) is 10.2 Å². The van der Waals surface area contributed by atoms with Crippen LogP contribution in [0.3, 0.4) is 0 Å². The third kappa shape index (κ3) is 4.75. The van der Waals surface area contributed by atoms with Crippen LogP contribution in [0.2, 0.25) is 0 Å². The Kier molecular flexibility index (Phi) is 6.41. The second kappa shape index (κ2) is 9.24. The van der Waals surface area contributed by atoms with Gasteiger partial charge in [0.25, 0.3) is 0 Å². The minimum absolute atomic E-state index is 0.150. The molecule has 1 fully saturated rings. The molecule has 0 spiro atoms. The fourth-order valence-electron chi connectivity index (χ4n) is 4.53. The summed E-state index contributed by atoms with van der Waals surface area (Å²) >= 11 is 1.60. The Labute approximate surface area is 192 Å². The number of rotatable bonds is 4. The first-order chi connectivity index (χ1) is 15.3. The van der Waals surface area contributed by atoms with Crippen LogP contribution >= 0.6 is 11.3 Å². The molecule has 2 amide bonds. The number of fused-ring (bicyclic) bond motifs is 1. The number of amides is 2. The lowest BCUT2D eigenvalue weighted by Crippen LogP contribution is -2.46. The van der Waals surface area contributed by atoms with Crippen molar-refractivity contribution in [2.24, 2.45) is 11.8 Å². The molecule has 2 aromatic heterocycles. The van der Waals surface area contributed by atoms with Gasteiger partial charge < -0.3 is 16.0 Å². The molecule has 0 aliphatic carbocycles. The average Bonchev–Trinajstić information content (AvgIpc) is 3.23. The second-order valence-electron chi connectivity index (χ2n) is 8.99. The summed E-state index contributed by atoms with van der Waals surface area (Å²) in [4.78, 5) is 36.3. The van der Waals surface area contributed by atoms with Crippen molar-refractivity contribution in [2.45, 2.75) is 46.1 Å². The van der Waals surface area contributed by atoms with E-state index in [4.69, 9.17) is 5.73 Å². The first-order valence-electron chi connectivity index (χ1n) is 11.0. The van der Waals surface area contributed by atoms with Crippen LogP contribution in [-0.4, -0.2) is 33.2 Å². The zero-order valence-electron chi connectivity index (χ0n) is 18.7. The van der Waals surface area contributed by atoms with Crippen molar-refractivity contribution >= 4 is 44.9 Å². The average molecular weight is 452 g/mol. The molecule has 1 aromatic carbocycles. The van der Waals surface area contributed by atoms with Gasteiger partial charge in [0.15, 0.2) is 0 Å². The molecule has 2 atom stereocenters. The number of benzene rings is 1. The Bertz CT molecular complexity index is 1140. The standard InChI is InChI=1S/C24H29N5O2S/c1-14(2)8-16-6-7-29(20(10-16)17-4-5-21-19(11-17)27-13-32-21)24(31)23(30)28-18-9-15(3)22(25)26-12-18/h4-5,9,11-14,16,20H,6-8,10H2,1-3H3,(H2,25,26)(H,28,30)/t16-,20-/m0/s1. The molecule has 0 unspecified atom stereocenters. The summed E-state index contributed by atoms with van der Waals surface area (Å²) in [7, 11) is 0. The van der Waals surface area contributed by atoms with Crippen LogP contribution in [-0.2, 0) is 9.59 Å². The molecule has 1 aliphatic rings. The largest absolute Gasteiger partial charge is 0.383 e. The van der Waals surface area contributed by atoms with Crippen molar-refractivity contribution < 1.29 is 9.59 Å². The molecule has 0 radical (unpaired) electrons. The quantitative estimate of drug-likeness (QED) is 0.567. The molecular weight excluding hydrogens is 422 g/mol. The van der Waals surface area contributed by atoms with Gasteiger partial charge in [-0.15, -0.1) is 11.3 Å². The topological polar surface area (TPSA) is 101 Å². The van der Waals surface area contributed by atoms with Gasteiger partial charge in [0, 0.05) is 6.54 Å². The van der Waals surface area contributed by atoms with Crippen molar-refractivity contribution in [3.63, 3.8) is 0 Å². The molecule has 3 N–H and O–H groups in total. The normalized spacial score (nSPS) is 18.8. The highest BCUT2D eigenvalue weighted by atomic mass is 32.1. The lowest BCUT2D eigenvalue weighted by atomic mass is 9.82. The van der Waals surface area contributed by atoms with Crippen LogP contribution in [0, 0.1) is 18.8 Å². The molecule has 8 heteroatoms. The first kappa shape index (κ1) is 22.2. The van der Waals surface area contributed by atoms with Crippen molar-refractivity contribution in [2.75, 3.05) is 17.6 Å². The van der Waals surface area contributed by atoms with Crippen molar-refractivity contribution in [3.05, 3.63) is 47.1 Å². The number of nitrogens with two attached hydrogens (primary N) is 1. The maximum absolute atomic E-state index is 13.2. The third-order valence-electron chi connectivity index (χ3n) is 6.09. The number of nitrogen functional groups attached to an aromatic ring is 1. The Morgan fingerprint density at radius 2 is 2.09 bits per heavy atom. The molecule has 7 nitrogen and oxygen atoms in total. The number of carbonyl (C=O) groups excluding carboxylic acids is 2. The van der Waals surface area contributed by atoms with Crippen molar-refractivity contribution in [1.82, 2.24) is 14.9 Å². The molecule has 3 heterocycles. The highest BCUT2D eigenvalue weighted by molar-refractivity contribution is 7.16. The predicted molar refractivity (Wildman–Crippen MR) is 128 cm³/mol. The third-order valence-corrected chi connectivity index (χ3v) is 6.90. The maximum Gasteiger partial charge on any atom is 0.313 e. The van der Waals surface area contributed by atoms with Crippen LogP contribution in [0.15, 0.2) is 36.0 Å². The molecular formula is C24H29N5O2S. The number of carbonyl (C=O) groups is 2. The van der Waals surface area contributed by atoms with Crippen LogP contribution < -0.4 is 11.1 Å². The smallest absolute Gasteiger partial charge is 0.313 e. The zero-order chi connectivity index (χ0) is 22.8. The summed E-state index contributed by atoms with van der Waals surface area (Å²) < 4.78 is 1.12. The Morgan fingerprint density at radius 1 is 1.28 bits per heavy atom. The highest BCUT2D eigenvalue weighted by Gasteiger charge is 2.35. The van der Waals surface area contributed by atoms with E-state index in [1.54, 1.807) is 22.3 Å². The van der Waals surface area contributed by atoms with Crippen LogP contribution in [0.5, 0.6) is 0 Å².